The first-order valence-corrected chi connectivity index (χ1v) is 8.80. The summed E-state index contributed by atoms with van der Waals surface area (Å²) in [5.74, 6) is 0.197. The first-order chi connectivity index (χ1) is 11.7. The van der Waals surface area contributed by atoms with E-state index in [2.05, 4.69) is 12.1 Å². The largest absolute Gasteiger partial charge is 0.371 e. The summed E-state index contributed by atoms with van der Waals surface area (Å²) in [5, 5.41) is 0.697. The highest BCUT2D eigenvalue weighted by atomic mass is 35.5. The summed E-state index contributed by atoms with van der Waals surface area (Å²) in [7, 11) is 0. The Bertz CT molecular complexity index is 672. The van der Waals surface area contributed by atoms with Crippen molar-refractivity contribution < 1.29 is 9.53 Å². The fourth-order valence-corrected chi connectivity index (χ4v) is 3.46. The van der Waals surface area contributed by atoms with E-state index in [4.69, 9.17) is 16.3 Å². The van der Waals surface area contributed by atoms with Crippen LogP contribution in [0.1, 0.15) is 43.0 Å². The molecule has 1 aliphatic heterocycles. The predicted octanol–water partition coefficient (Wildman–Crippen LogP) is 4.78. The molecule has 1 fully saturated rings. The van der Waals surface area contributed by atoms with Crippen molar-refractivity contribution in [1.29, 1.82) is 0 Å². The van der Waals surface area contributed by atoms with Crippen LogP contribution in [0.3, 0.4) is 0 Å². The van der Waals surface area contributed by atoms with Crippen LogP contribution in [0.2, 0.25) is 5.02 Å². The van der Waals surface area contributed by atoms with E-state index in [-0.39, 0.29) is 18.1 Å². The molecule has 0 unspecified atom stereocenters. The zero-order valence-electron chi connectivity index (χ0n) is 13.8. The van der Waals surface area contributed by atoms with Crippen LogP contribution in [0.25, 0.3) is 0 Å². The lowest BCUT2D eigenvalue weighted by Crippen LogP contribution is -2.35. The number of amides is 1. The molecule has 0 radical (unpaired) electrons. The average Bonchev–Trinajstić information content (AvgIpc) is 3.02. The van der Waals surface area contributed by atoms with Crippen molar-refractivity contribution in [3.05, 3.63) is 70.7 Å². The van der Waals surface area contributed by atoms with E-state index in [1.807, 2.05) is 54.3 Å². The van der Waals surface area contributed by atoms with Crippen molar-refractivity contribution in [2.45, 2.75) is 31.9 Å². The molecule has 4 heteroatoms. The fraction of sp³-hybridized carbons (Fsp3) is 0.350. The minimum Gasteiger partial charge on any atom is -0.371 e. The Balaban J connectivity index is 2.03. The zero-order valence-corrected chi connectivity index (χ0v) is 14.6. The number of hydrogen-bond acceptors (Lipinski definition) is 2. The molecule has 0 bridgehead atoms. The molecule has 0 N–H and O–H groups in total. The molecular weight excluding hydrogens is 322 g/mol. The van der Waals surface area contributed by atoms with Crippen LogP contribution in [0.5, 0.6) is 0 Å². The lowest BCUT2D eigenvalue weighted by molar-refractivity contribution is -0.133. The SMILES string of the molecule is CCO[C@@H](c1ccc(Cl)cc1)[C@@H](c1ccccc1)N1CCCC1=O. The van der Waals surface area contributed by atoms with Crippen molar-refractivity contribution in [2.24, 2.45) is 0 Å². The first kappa shape index (κ1) is 17.0. The molecule has 2 aromatic rings. The van der Waals surface area contributed by atoms with Crippen LogP contribution in [-0.2, 0) is 9.53 Å². The molecule has 1 amide bonds. The van der Waals surface area contributed by atoms with Gasteiger partial charge in [0.1, 0.15) is 6.10 Å². The van der Waals surface area contributed by atoms with Gasteiger partial charge in [-0.25, -0.2) is 0 Å². The molecule has 2 atom stereocenters. The van der Waals surface area contributed by atoms with Gasteiger partial charge in [-0.05, 0) is 36.6 Å². The van der Waals surface area contributed by atoms with Crippen LogP contribution in [0.4, 0.5) is 0 Å². The number of carbonyl (C=O) groups is 1. The van der Waals surface area contributed by atoms with Gasteiger partial charge in [-0.1, -0.05) is 54.1 Å². The Kier molecular flexibility index (Phi) is 5.54. The molecule has 126 valence electrons. The fourth-order valence-electron chi connectivity index (χ4n) is 3.33. The number of nitrogens with zero attached hydrogens (tertiary/aromatic N) is 1. The van der Waals surface area contributed by atoms with Crippen molar-refractivity contribution in [2.75, 3.05) is 13.2 Å². The van der Waals surface area contributed by atoms with Crippen molar-refractivity contribution >= 4 is 17.5 Å². The lowest BCUT2D eigenvalue weighted by atomic mass is 9.94. The van der Waals surface area contributed by atoms with E-state index >= 15 is 0 Å². The van der Waals surface area contributed by atoms with Gasteiger partial charge in [-0.2, -0.15) is 0 Å². The summed E-state index contributed by atoms with van der Waals surface area (Å²) in [5.41, 5.74) is 2.14. The smallest absolute Gasteiger partial charge is 0.223 e. The van der Waals surface area contributed by atoms with Gasteiger partial charge >= 0.3 is 0 Å². The van der Waals surface area contributed by atoms with E-state index < -0.39 is 0 Å². The lowest BCUT2D eigenvalue weighted by Gasteiger charge is -2.35. The van der Waals surface area contributed by atoms with Gasteiger partial charge in [0.05, 0.1) is 6.04 Å². The highest BCUT2D eigenvalue weighted by Crippen LogP contribution is 2.39. The molecule has 24 heavy (non-hydrogen) atoms. The minimum atomic E-state index is -0.211. The van der Waals surface area contributed by atoms with Crippen LogP contribution in [-0.4, -0.2) is 24.0 Å². The summed E-state index contributed by atoms with van der Waals surface area (Å²) >= 11 is 6.03. The van der Waals surface area contributed by atoms with Gasteiger partial charge in [0.25, 0.3) is 0 Å². The Labute approximate surface area is 148 Å². The topological polar surface area (TPSA) is 29.5 Å². The molecular formula is C20H22ClNO2. The van der Waals surface area contributed by atoms with Gasteiger partial charge in [-0.3, -0.25) is 4.79 Å². The molecule has 1 aliphatic rings. The molecule has 3 nitrogen and oxygen atoms in total. The maximum absolute atomic E-state index is 12.4. The van der Waals surface area contributed by atoms with Crippen LogP contribution >= 0.6 is 11.6 Å². The highest BCUT2D eigenvalue weighted by Gasteiger charge is 2.35. The number of ether oxygens (including phenoxy) is 1. The molecule has 0 spiro atoms. The first-order valence-electron chi connectivity index (χ1n) is 8.42. The van der Waals surface area contributed by atoms with Crippen molar-refractivity contribution in [1.82, 2.24) is 4.90 Å². The third-order valence-corrected chi connectivity index (χ3v) is 4.67. The maximum atomic E-state index is 12.4. The average molecular weight is 344 g/mol. The molecule has 1 heterocycles. The Morgan fingerprint density at radius 2 is 1.79 bits per heavy atom. The zero-order chi connectivity index (χ0) is 16.9. The summed E-state index contributed by atoms with van der Waals surface area (Å²) in [4.78, 5) is 14.4. The second kappa shape index (κ2) is 7.82. The monoisotopic (exact) mass is 343 g/mol. The third-order valence-electron chi connectivity index (χ3n) is 4.42. The molecule has 0 aromatic heterocycles. The van der Waals surface area contributed by atoms with Crippen molar-refractivity contribution in [3.8, 4) is 0 Å². The molecule has 0 aliphatic carbocycles. The number of likely N-dealkylation sites (tertiary alicyclic amines) is 1. The Hall–Kier alpha value is -1.84. The van der Waals surface area contributed by atoms with E-state index in [0.29, 0.717) is 18.1 Å². The number of rotatable bonds is 6. The third kappa shape index (κ3) is 3.63. The second-order valence-electron chi connectivity index (χ2n) is 5.97. The van der Waals surface area contributed by atoms with Gasteiger partial charge in [0.2, 0.25) is 5.91 Å². The molecule has 1 saturated heterocycles. The van der Waals surface area contributed by atoms with Crippen molar-refractivity contribution in [3.63, 3.8) is 0 Å². The van der Waals surface area contributed by atoms with E-state index in [9.17, 15) is 4.79 Å². The summed E-state index contributed by atoms with van der Waals surface area (Å²) < 4.78 is 6.11. The number of halogens is 1. The van der Waals surface area contributed by atoms with Crippen LogP contribution < -0.4 is 0 Å². The molecule has 2 aromatic carbocycles. The molecule has 0 saturated carbocycles. The number of benzene rings is 2. The van der Waals surface area contributed by atoms with Gasteiger partial charge in [0, 0.05) is 24.6 Å². The van der Waals surface area contributed by atoms with Gasteiger partial charge < -0.3 is 9.64 Å². The van der Waals surface area contributed by atoms with E-state index in [1.54, 1.807) is 0 Å². The molecule has 3 rings (SSSR count). The Morgan fingerprint density at radius 1 is 1.08 bits per heavy atom. The second-order valence-corrected chi connectivity index (χ2v) is 6.41. The van der Waals surface area contributed by atoms with Crippen LogP contribution in [0, 0.1) is 0 Å². The quantitative estimate of drug-likeness (QED) is 0.755. The van der Waals surface area contributed by atoms with E-state index in [1.165, 1.54) is 0 Å². The standard InChI is InChI=1S/C20H22ClNO2/c1-2-24-20(16-10-12-17(21)13-11-16)19(15-7-4-3-5-8-15)22-14-6-9-18(22)23/h3-5,7-8,10-13,19-20H,2,6,9,14H2,1H3/t19-,20+/m1/s1. The van der Waals surface area contributed by atoms with Crippen LogP contribution in [0.15, 0.2) is 54.6 Å². The van der Waals surface area contributed by atoms with E-state index in [0.717, 1.165) is 24.1 Å². The normalized spacial score (nSPS) is 17.1. The predicted molar refractivity (Wildman–Crippen MR) is 95.9 cm³/mol. The summed E-state index contributed by atoms with van der Waals surface area (Å²) in [6.07, 6.45) is 1.31. The highest BCUT2D eigenvalue weighted by molar-refractivity contribution is 6.30. The number of carbonyl (C=O) groups excluding carboxylic acids is 1. The minimum absolute atomic E-state index is 0.123. The summed E-state index contributed by atoms with van der Waals surface area (Å²) in [6.45, 7) is 3.34. The maximum Gasteiger partial charge on any atom is 0.223 e. The number of hydrogen-bond donors (Lipinski definition) is 0. The van der Waals surface area contributed by atoms with Gasteiger partial charge in [0.15, 0.2) is 0 Å². The summed E-state index contributed by atoms with van der Waals surface area (Å²) in [6, 6.07) is 17.7. The Morgan fingerprint density at radius 3 is 2.38 bits per heavy atom. The van der Waals surface area contributed by atoms with Gasteiger partial charge in [-0.15, -0.1) is 0 Å².